The number of carbonyl (C=O) groups excluding carboxylic acids is 3. The molecule has 23 heavy (non-hydrogen) atoms. The summed E-state index contributed by atoms with van der Waals surface area (Å²) in [5, 5.41) is 7.91. The Hall–Kier alpha value is -1.77. The van der Waals surface area contributed by atoms with E-state index in [1.807, 2.05) is 0 Å². The largest absolute Gasteiger partial charge is 0.461 e. The van der Waals surface area contributed by atoms with Crippen molar-refractivity contribution in [1.29, 1.82) is 5.41 Å². The van der Waals surface area contributed by atoms with Gasteiger partial charge in [0.15, 0.2) is 15.6 Å². The molecule has 2 N–H and O–H groups in total. The first-order chi connectivity index (χ1) is 10.5. The first-order valence-corrected chi connectivity index (χ1v) is 9.21. The zero-order valence-corrected chi connectivity index (χ0v) is 14.6. The minimum atomic E-state index is -3.61. The van der Waals surface area contributed by atoms with Gasteiger partial charge in [-0.15, -0.1) is 0 Å². The molecule has 0 saturated carbocycles. The number of sulfone groups is 1. The van der Waals surface area contributed by atoms with Crippen LogP contribution in [0.3, 0.4) is 0 Å². The number of rotatable bonds is 10. The summed E-state index contributed by atoms with van der Waals surface area (Å²) in [5.41, 5.74) is 0. The van der Waals surface area contributed by atoms with Crippen LogP contribution in [0.25, 0.3) is 0 Å². The third kappa shape index (κ3) is 7.87. The average Bonchev–Trinajstić information content (AvgIpc) is 2.41. The van der Waals surface area contributed by atoms with Crippen LogP contribution in [-0.4, -0.2) is 55.9 Å². The molecule has 0 aromatic carbocycles. The first kappa shape index (κ1) is 21.2. The van der Waals surface area contributed by atoms with E-state index in [9.17, 15) is 22.8 Å². The molecule has 132 valence electrons. The molecule has 0 aliphatic carbocycles. The van der Waals surface area contributed by atoms with E-state index in [4.69, 9.17) is 10.1 Å². The van der Waals surface area contributed by atoms with Crippen LogP contribution in [0.4, 0.5) is 0 Å². The maximum atomic E-state index is 12.1. The molecule has 1 amide bonds. The van der Waals surface area contributed by atoms with E-state index < -0.39 is 44.9 Å². The number of amides is 1. The minimum absolute atomic E-state index is 0.0638. The van der Waals surface area contributed by atoms with Gasteiger partial charge in [-0.05, 0) is 26.7 Å². The number of Topliss-reactive ketones (excluding diaryl/α,β-unsaturated/α-hetero) is 1. The van der Waals surface area contributed by atoms with E-state index in [0.717, 1.165) is 6.26 Å². The molecule has 8 nitrogen and oxygen atoms in total. The molecule has 0 aliphatic rings. The summed E-state index contributed by atoms with van der Waals surface area (Å²) in [6, 6.07) is -1.13. The van der Waals surface area contributed by atoms with Crippen LogP contribution in [0.5, 0.6) is 0 Å². The number of carbonyl (C=O) groups is 3. The normalized spacial score (nSPS) is 14.0. The minimum Gasteiger partial charge on any atom is -0.461 e. The van der Waals surface area contributed by atoms with Gasteiger partial charge in [-0.2, -0.15) is 0 Å². The molecular weight excluding hydrogens is 324 g/mol. The Balaban J connectivity index is 5.12. The maximum absolute atomic E-state index is 12.1. The number of esters is 1. The molecule has 0 heterocycles. The molecule has 0 unspecified atom stereocenters. The summed E-state index contributed by atoms with van der Waals surface area (Å²) in [7, 11) is -3.61. The molecule has 9 heteroatoms. The van der Waals surface area contributed by atoms with Crippen LogP contribution in [-0.2, 0) is 29.0 Å². The number of hydrogen-bond acceptors (Lipinski definition) is 7. The number of hydrogen-bond donors (Lipinski definition) is 2. The summed E-state index contributed by atoms with van der Waals surface area (Å²) in [5.74, 6) is -2.05. The summed E-state index contributed by atoms with van der Waals surface area (Å²) in [4.78, 5) is 35.3. The highest BCUT2D eigenvalue weighted by molar-refractivity contribution is 7.92. The quantitative estimate of drug-likeness (QED) is 0.430. The number of nitrogens with one attached hydrogen (secondary N) is 2. The highest BCUT2D eigenvalue weighted by atomic mass is 32.2. The SMILES string of the molecule is CC[C@@H](C(=O)N[C@@H](CCC(=O)C=N)C(=O)OC(C)C)S(C)(=O)=O. The molecule has 2 atom stereocenters. The lowest BCUT2D eigenvalue weighted by Gasteiger charge is -2.21. The number of ether oxygens (including phenoxy) is 1. The molecule has 0 rings (SSSR count). The zero-order valence-electron chi connectivity index (χ0n) is 13.8. The summed E-state index contributed by atoms with van der Waals surface area (Å²) < 4.78 is 28.2. The van der Waals surface area contributed by atoms with Crippen LogP contribution in [0.2, 0.25) is 0 Å². The van der Waals surface area contributed by atoms with Gasteiger partial charge in [0, 0.05) is 12.7 Å². The van der Waals surface area contributed by atoms with Gasteiger partial charge in [0.2, 0.25) is 5.91 Å². The van der Waals surface area contributed by atoms with Crippen LogP contribution in [0, 0.1) is 5.41 Å². The molecule has 0 spiro atoms. The Kier molecular flexibility index (Phi) is 8.66. The molecule has 0 aliphatic heterocycles. The third-order valence-corrected chi connectivity index (χ3v) is 4.55. The van der Waals surface area contributed by atoms with E-state index in [1.165, 1.54) is 0 Å². The fraction of sp³-hybridized carbons (Fsp3) is 0.714. The Bertz CT molecular complexity index is 556. The van der Waals surface area contributed by atoms with E-state index in [-0.39, 0.29) is 19.3 Å². The van der Waals surface area contributed by atoms with Crippen LogP contribution in [0.1, 0.15) is 40.0 Å². The van der Waals surface area contributed by atoms with Gasteiger partial charge in [-0.25, -0.2) is 13.2 Å². The van der Waals surface area contributed by atoms with Crippen molar-refractivity contribution in [2.24, 2.45) is 0 Å². The Morgan fingerprint density at radius 3 is 2.22 bits per heavy atom. The Morgan fingerprint density at radius 2 is 1.83 bits per heavy atom. The zero-order chi connectivity index (χ0) is 18.2. The standard InChI is InChI=1S/C14H24N2O6S/c1-5-12(23(4,20)21)13(18)16-11(7-6-10(17)8-15)14(19)22-9(2)3/h8-9,11-12,15H,5-7H2,1-4H3,(H,16,18)/t11-,12-/m0/s1. The van der Waals surface area contributed by atoms with Crippen molar-refractivity contribution >= 4 is 33.7 Å². The van der Waals surface area contributed by atoms with E-state index >= 15 is 0 Å². The molecular formula is C14H24N2O6S. The molecule has 0 bridgehead atoms. The highest BCUT2D eigenvalue weighted by Crippen LogP contribution is 2.08. The van der Waals surface area contributed by atoms with Crippen molar-refractivity contribution < 1.29 is 27.5 Å². The Labute approximate surface area is 136 Å². The van der Waals surface area contributed by atoms with Gasteiger partial charge in [-0.3, -0.25) is 9.59 Å². The first-order valence-electron chi connectivity index (χ1n) is 7.25. The molecule has 0 aromatic rings. The summed E-state index contributed by atoms with van der Waals surface area (Å²) in [6.07, 6.45) is 1.02. The maximum Gasteiger partial charge on any atom is 0.328 e. The van der Waals surface area contributed by atoms with Crippen molar-refractivity contribution in [3.05, 3.63) is 0 Å². The lowest BCUT2D eigenvalue weighted by atomic mass is 10.1. The van der Waals surface area contributed by atoms with Crippen molar-refractivity contribution in [2.45, 2.75) is 57.4 Å². The van der Waals surface area contributed by atoms with Crippen molar-refractivity contribution in [2.75, 3.05) is 6.26 Å². The van der Waals surface area contributed by atoms with Crippen molar-refractivity contribution in [1.82, 2.24) is 5.32 Å². The topological polar surface area (TPSA) is 130 Å². The molecule has 0 aromatic heterocycles. The smallest absolute Gasteiger partial charge is 0.328 e. The van der Waals surface area contributed by atoms with E-state index in [1.54, 1.807) is 20.8 Å². The van der Waals surface area contributed by atoms with Gasteiger partial charge in [0.1, 0.15) is 11.3 Å². The average molecular weight is 348 g/mol. The fourth-order valence-electron chi connectivity index (χ4n) is 1.87. The molecule has 0 saturated heterocycles. The van der Waals surface area contributed by atoms with Gasteiger partial charge in [0.25, 0.3) is 0 Å². The Morgan fingerprint density at radius 1 is 1.26 bits per heavy atom. The second kappa shape index (κ2) is 9.39. The molecule has 0 fully saturated rings. The van der Waals surface area contributed by atoms with Crippen molar-refractivity contribution in [3.8, 4) is 0 Å². The monoisotopic (exact) mass is 348 g/mol. The van der Waals surface area contributed by atoms with E-state index in [2.05, 4.69) is 5.32 Å². The molecule has 0 radical (unpaired) electrons. The second-order valence-corrected chi connectivity index (χ2v) is 7.65. The predicted molar refractivity (Wildman–Crippen MR) is 85.1 cm³/mol. The highest BCUT2D eigenvalue weighted by Gasteiger charge is 2.31. The summed E-state index contributed by atoms with van der Waals surface area (Å²) in [6.45, 7) is 4.81. The second-order valence-electron chi connectivity index (χ2n) is 5.42. The number of ketones is 1. The fourth-order valence-corrected chi connectivity index (χ4v) is 2.93. The third-order valence-electron chi connectivity index (χ3n) is 2.97. The van der Waals surface area contributed by atoms with Gasteiger partial charge in [-0.1, -0.05) is 6.92 Å². The van der Waals surface area contributed by atoms with Crippen LogP contribution < -0.4 is 5.32 Å². The van der Waals surface area contributed by atoms with Crippen LogP contribution in [0.15, 0.2) is 0 Å². The van der Waals surface area contributed by atoms with Gasteiger partial charge in [0.05, 0.1) is 12.3 Å². The van der Waals surface area contributed by atoms with Gasteiger partial charge < -0.3 is 15.5 Å². The predicted octanol–water partition coefficient (Wildman–Crippen LogP) is 0.245. The lowest BCUT2D eigenvalue weighted by Crippen LogP contribution is -2.48. The lowest BCUT2D eigenvalue weighted by molar-refractivity contribution is -0.151. The summed E-state index contributed by atoms with van der Waals surface area (Å²) >= 11 is 0. The van der Waals surface area contributed by atoms with Crippen molar-refractivity contribution in [3.63, 3.8) is 0 Å². The van der Waals surface area contributed by atoms with Gasteiger partial charge >= 0.3 is 5.97 Å². The van der Waals surface area contributed by atoms with Crippen LogP contribution >= 0.6 is 0 Å². The van der Waals surface area contributed by atoms with E-state index in [0.29, 0.717) is 6.21 Å².